The molecule has 0 saturated heterocycles. The maximum absolute atomic E-state index is 12.1. The van der Waals surface area contributed by atoms with Crippen molar-refractivity contribution in [3.63, 3.8) is 0 Å². The Morgan fingerprint density at radius 2 is 1.65 bits per heavy atom. The van der Waals surface area contributed by atoms with Crippen LogP contribution in [0.25, 0.3) is 0 Å². The second-order valence-corrected chi connectivity index (χ2v) is 6.20. The summed E-state index contributed by atoms with van der Waals surface area (Å²) in [5.41, 5.74) is 4.13. The second-order valence-electron chi connectivity index (χ2n) is 6.20. The van der Waals surface area contributed by atoms with Gasteiger partial charge in [0, 0.05) is 5.69 Å². The van der Waals surface area contributed by atoms with Gasteiger partial charge in [-0.1, -0.05) is 56.3 Å². The van der Waals surface area contributed by atoms with Crippen LogP contribution in [0.5, 0.6) is 0 Å². The van der Waals surface area contributed by atoms with Crippen molar-refractivity contribution in [1.82, 2.24) is 10.6 Å². The van der Waals surface area contributed by atoms with E-state index in [0.29, 0.717) is 0 Å². The first-order valence-corrected chi connectivity index (χ1v) is 9.04. The molecule has 0 spiro atoms. The molecule has 3 N–H and O–H groups in total. The zero-order valence-corrected chi connectivity index (χ0v) is 15.6. The summed E-state index contributed by atoms with van der Waals surface area (Å²) < 4.78 is 0. The Balaban J connectivity index is 1.81. The fourth-order valence-corrected chi connectivity index (χ4v) is 2.68. The summed E-state index contributed by atoms with van der Waals surface area (Å²) in [6.45, 7) is 5.97. The number of hydrogen-bond acceptors (Lipinski definition) is 2. The molecule has 1 unspecified atom stereocenters. The van der Waals surface area contributed by atoms with Crippen molar-refractivity contribution in [1.29, 1.82) is 0 Å². The lowest BCUT2D eigenvalue weighted by Gasteiger charge is -2.16. The molecule has 1 atom stereocenters. The first-order chi connectivity index (χ1) is 12.5. The summed E-state index contributed by atoms with van der Waals surface area (Å²) in [5.74, 6) is -0.249. The van der Waals surface area contributed by atoms with Gasteiger partial charge in [-0.25, -0.2) is 4.79 Å². The molecule has 2 aromatic rings. The van der Waals surface area contributed by atoms with Crippen LogP contribution in [-0.4, -0.2) is 18.5 Å². The lowest BCUT2D eigenvalue weighted by molar-refractivity contribution is -0.115. The third-order valence-electron chi connectivity index (χ3n) is 4.32. The molecule has 0 bridgehead atoms. The van der Waals surface area contributed by atoms with E-state index < -0.39 is 0 Å². The Bertz CT molecular complexity index is 741. The normalized spacial score (nSPS) is 11.5. The maximum atomic E-state index is 12.1. The van der Waals surface area contributed by atoms with Gasteiger partial charge in [0.25, 0.3) is 0 Å². The topological polar surface area (TPSA) is 70.2 Å². The number of carbonyl (C=O) groups is 2. The Labute approximate surface area is 155 Å². The largest absolute Gasteiger partial charge is 0.332 e. The number of amides is 3. The number of benzene rings is 2. The van der Waals surface area contributed by atoms with E-state index in [1.54, 1.807) is 0 Å². The van der Waals surface area contributed by atoms with E-state index in [1.165, 1.54) is 5.56 Å². The molecule has 0 aliphatic carbocycles. The predicted molar refractivity (Wildman–Crippen MR) is 105 cm³/mol. The third kappa shape index (κ3) is 5.62. The van der Waals surface area contributed by atoms with Crippen molar-refractivity contribution < 1.29 is 9.59 Å². The van der Waals surface area contributed by atoms with Gasteiger partial charge in [0.05, 0.1) is 12.6 Å². The molecule has 0 fully saturated rings. The summed E-state index contributed by atoms with van der Waals surface area (Å²) in [7, 11) is 0. The average Bonchev–Trinajstić information content (AvgIpc) is 2.67. The predicted octanol–water partition coefficient (Wildman–Crippen LogP) is 3.81. The molecular formula is C21H27N3O2. The zero-order chi connectivity index (χ0) is 18.9. The second kappa shape index (κ2) is 9.61. The van der Waals surface area contributed by atoms with Crippen LogP contribution < -0.4 is 16.0 Å². The Morgan fingerprint density at radius 1 is 0.962 bits per heavy atom. The van der Waals surface area contributed by atoms with Crippen LogP contribution in [0.4, 0.5) is 10.5 Å². The van der Waals surface area contributed by atoms with Crippen molar-refractivity contribution in [2.45, 2.75) is 39.7 Å². The van der Waals surface area contributed by atoms with E-state index in [4.69, 9.17) is 0 Å². The molecule has 0 saturated carbocycles. The minimum Gasteiger partial charge on any atom is -0.332 e. The van der Waals surface area contributed by atoms with E-state index >= 15 is 0 Å². The third-order valence-corrected chi connectivity index (χ3v) is 4.32. The molecule has 138 valence electrons. The molecule has 0 radical (unpaired) electrons. The number of anilines is 1. The van der Waals surface area contributed by atoms with Crippen LogP contribution >= 0.6 is 0 Å². The van der Waals surface area contributed by atoms with Crippen LogP contribution in [0.2, 0.25) is 0 Å². The molecule has 2 rings (SSSR count). The summed E-state index contributed by atoms with van der Waals surface area (Å²) in [6, 6.07) is 15.3. The van der Waals surface area contributed by atoms with E-state index in [0.717, 1.165) is 29.7 Å². The van der Waals surface area contributed by atoms with Crippen LogP contribution in [0, 0.1) is 0 Å². The number of carbonyl (C=O) groups excluding carboxylic acids is 2. The lowest BCUT2D eigenvalue weighted by Crippen LogP contribution is -2.41. The standard InChI is InChI=1S/C21H27N3O2/c1-4-16-10-12-18(13-11-16)15(3)23-21(26)22-14-20(25)24-19-9-7-6-8-17(19)5-2/h6-13,15H,4-5,14H2,1-3H3,(H,24,25)(H2,22,23,26). The highest BCUT2D eigenvalue weighted by atomic mass is 16.2. The minimum atomic E-state index is -0.365. The van der Waals surface area contributed by atoms with E-state index in [9.17, 15) is 9.59 Å². The van der Waals surface area contributed by atoms with Gasteiger partial charge >= 0.3 is 6.03 Å². The van der Waals surface area contributed by atoms with Gasteiger partial charge in [-0.15, -0.1) is 0 Å². The molecule has 0 aromatic heterocycles. The average molecular weight is 353 g/mol. The molecule has 5 nitrogen and oxygen atoms in total. The Morgan fingerprint density at radius 3 is 2.31 bits per heavy atom. The van der Waals surface area contributed by atoms with Crippen molar-refractivity contribution >= 4 is 17.6 Å². The van der Waals surface area contributed by atoms with Gasteiger partial charge in [-0.05, 0) is 42.5 Å². The molecule has 2 aromatic carbocycles. The highest BCUT2D eigenvalue weighted by molar-refractivity contribution is 5.94. The smallest absolute Gasteiger partial charge is 0.315 e. The molecule has 5 heteroatoms. The summed E-state index contributed by atoms with van der Waals surface area (Å²) in [4.78, 5) is 24.1. The zero-order valence-electron chi connectivity index (χ0n) is 15.6. The fourth-order valence-electron chi connectivity index (χ4n) is 2.68. The molecule has 0 aliphatic heterocycles. The molecular weight excluding hydrogens is 326 g/mol. The van der Waals surface area contributed by atoms with E-state index in [2.05, 4.69) is 35.0 Å². The van der Waals surface area contributed by atoms with Crippen LogP contribution in [0.15, 0.2) is 48.5 Å². The highest BCUT2D eigenvalue weighted by Gasteiger charge is 2.11. The monoisotopic (exact) mass is 353 g/mol. The first-order valence-electron chi connectivity index (χ1n) is 9.04. The summed E-state index contributed by atoms with van der Waals surface area (Å²) in [6.07, 6.45) is 1.82. The van der Waals surface area contributed by atoms with Gasteiger partial charge in [-0.2, -0.15) is 0 Å². The number of rotatable bonds is 7. The Hall–Kier alpha value is -2.82. The summed E-state index contributed by atoms with van der Waals surface area (Å²) in [5, 5.41) is 8.28. The Kier molecular flexibility index (Phi) is 7.21. The van der Waals surface area contributed by atoms with Crippen molar-refractivity contribution in [2.75, 3.05) is 11.9 Å². The van der Waals surface area contributed by atoms with E-state index in [1.807, 2.05) is 50.2 Å². The van der Waals surface area contributed by atoms with Gasteiger partial charge < -0.3 is 16.0 Å². The van der Waals surface area contributed by atoms with Crippen LogP contribution in [0.3, 0.4) is 0 Å². The highest BCUT2D eigenvalue weighted by Crippen LogP contribution is 2.15. The number of nitrogens with one attached hydrogen (secondary N) is 3. The van der Waals surface area contributed by atoms with Crippen LogP contribution in [0.1, 0.15) is 43.5 Å². The van der Waals surface area contributed by atoms with Gasteiger partial charge in [0.1, 0.15) is 0 Å². The number of hydrogen-bond donors (Lipinski definition) is 3. The lowest BCUT2D eigenvalue weighted by atomic mass is 10.1. The molecule has 26 heavy (non-hydrogen) atoms. The number of urea groups is 1. The fraction of sp³-hybridized carbons (Fsp3) is 0.333. The number of para-hydroxylation sites is 1. The van der Waals surface area contributed by atoms with Crippen LogP contribution in [-0.2, 0) is 17.6 Å². The van der Waals surface area contributed by atoms with Crippen molar-refractivity contribution in [3.8, 4) is 0 Å². The maximum Gasteiger partial charge on any atom is 0.315 e. The van der Waals surface area contributed by atoms with Crippen molar-refractivity contribution in [2.24, 2.45) is 0 Å². The van der Waals surface area contributed by atoms with Gasteiger partial charge in [0.2, 0.25) is 5.91 Å². The molecule has 3 amide bonds. The summed E-state index contributed by atoms with van der Waals surface area (Å²) >= 11 is 0. The number of aryl methyl sites for hydroxylation is 2. The molecule has 0 heterocycles. The SMILES string of the molecule is CCc1ccc(C(C)NC(=O)NCC(=O)Nc2ccccc2CC)cc1. The van der Waals surface area contributed by atoms with E-state index in [-0.39, 0.29) is 24.5 Å². The quantitative estimate of drug-likeness (QED) is 0.708. The van der Waals surface area contributed by atoms with Crippen molar-refractivity contribution in [3.05, 3.63) is 65.2 Å². The van der Waals surface area contributed by atoms with Gasteiger partial charge in [-0.3, -0.25) is 4.79 Å². The minimum absolute atomic E-state index is 0.0780. The molecule has 0 aliphatic rings. The first kappa shape index (κ1) is 19.5. The van der Waals surface area contributed by atoms with Gasteiger partial charge in [0.15, 0.2) is 0 Å².